The maximum atomic E-state index is 13.5. The molecule has 8 heteroatoms. The fourth-order valence-corrected chi connectivity index (χ4v) is 5.32. The molecule has 0 bridgehead atoms. The van der Waals surface area contributed by atoms with E-state index in [2.05, 4.69) is 41.0 Å². The minimum atomic E-state index is -4.46. The lowest BCUT2D eigenvalue weighted by Gasteiger charge is -2.40. The van der Waals surface area contributed by atoms with E-state index in [1.165, 1.54) is 6.20 Å². The smallest absolute Gasteiger partial charge is 0.369 e. The van der Waals surface area contributed by atoms with Gasteiger partial charge >= 0.3 is 6.18 Å². The van der Waals surface area contributed by atoms with Gasteiger partial charge in [-0.2, -0.15) is 13.2 Å². The maximum absolute atomic E-state index is 13.5. The van der Waals surface area contributed by atoms with Crippen molar-refractivity contribution in [1.29, 1.82) is 0 Å². The Morgan fingerprint density at radius 3 is 2.64 bits per heavy atom. The van der Waals surface area contributed by atoms with Crippen LogP contribution in [0.1, 0.15) is 45.1 Å². The zero-order valence-corrected chi connectivity index (χ0v) is 19.6. The molecule has 0 saturated carbocycles. The average molecular weight is 463 g/mol. The van der Waals surface area contributed by atoms with Crippen LogP contribution in [0, 0.1) is 11.3 Å². The van der Waals surface area contributed by atoms with Crippen LogP contribution in [0.25, 0.3) is 10.9 Å². The third-order valence-electron chi connectivity index (χ3n) is 7.20. The van der Waals surface area contributed by atoms with Crippen molar-refractivity contribution in [3.63, 3.8) is 0 Å². The monoisotopic (exact) mass is 462 g/mol. The predicted molar refractivity (Wildman–Crippen MR) is 124 cm³/mol. The number of aromatic nitrogens is 1. The molecule has 2 atom stereocenters. The first-order chi connectivity index (χ1) is 15.5. The number of nitrogens with zero attached hydrogens (tertiary/aromatic N) is 3. The van der Waals surface area contributed by atoms with Gasteiger partial charge in [-0.1, -0.05) is 13.8 Å². The Morgan fingerprint density at radius 2 is 1.94 bits per heavy atom. The number of anilines is 1. The van der Waals surface area contributed by atoms with Gasteiger partial charge in [-0.3, -0.25) is 9.78 Å². The Morgan fingerprint density at radius 1 is 1.21 bits per heavy atom. The van der Waals surface area contributed by atoms with E-state index in [1.54, 1.807) is 18.2 Å². The molecular formula is C25H33F3N4O. The number of carbonyl (C=O) groups is 1. The van der Waals surface area contributed by atoms with Gasteiger partial charge < -0.3 is 15.1 Å². The quantitative estimate of drug-likeness (QED) is 0.715. The van der Waals surface area contributed by atoms with Gasteiger partial charge in [-0.05, 0) is 75.0 Å². The number of fused-ring (bicyclic) bond motifs is 1. The number of rotatable bonds is 4. The second-order valence-electron chi connectivity index (χ2n) is 10.3. The molecule has 2 saturated heterocycles. The average Bonchev–Trinajstić information content (AvgIpc) is 2.74. The van der Waals surface area contributed by atoms with Gasteiger partial charge in [-0.15, -0.1) is 0 Å². The topological polar surface area (TPSA) is 48.5 Å². The lowest BCUT2D eigenvalue weighted by Crippen LogP contribution is -2.51. The van der Waals surface area contributed by atoms with Crippen molar-refractivity contribution in [1.82, 2.24) is 15.2 Å². The molecule has 1 amide bonds. The van der Waals surface area contributed by atoms with Crippen LogP contribution in [0.2, 0.25) is 0 Å². The third-order valence-corrected chi connectivity index (χ3v) is 7.20. The minimum Gasteiger partial charge on any atom is -0.369 e. The lowest BCUT2D eigenvalue weighted by atomic mass is 9.77. The van der Waals surface area contributed by atoms with Gasteiger partial charge in [0.25, 0.3) is 0 Å². The number of nitrogens with one attached hydrogen (secondary N) is 1. The van der Waals surface area contributed by atoms with Crippen molar-refractivity contribution >= 4 is 22.5 Å². The van der Waals surface area contributed by atoms with Gasteiger partial charge in [0, 0.05) is 42.8 Å². The van der Waals surface area contributed by atoms with E-state index in [9.17, 15) is 18.0 Å². The molecule has 2 aliphatic rings. The van der Waals surface area contributed by atoms with Crippen LogP contribution < -0.4 is 10.2 Å². The molecule has 4 rings (SSSR count). The highest BCUT2D eigenvalue weighted by Crippen LogP contribution is 2.39. The summed E-state index contributed by atoms with van der Waals surface area (Å²) in [4.78, 5) is 21.3. The van der Waals surface area contributed by atoms with E-state index in [1.807, 2.05) is 0 Å². The van der Waals surface area contributed by atoms with Crippen molar-refractivity contribution in [2.45, 2.75) is 51.7 Å². The molecule has 2 aliphatic heterocycles. The van der Waals surface area contributed by atoms with Gasteiger partial charge in [0.2, 0.25) is 5.91 Å². The fraction of sp³-hybridized carbons (Fsp3) is 0.600. The second-order valence-corrected chi connectivity index (χ2v) is 10.3. The first-order valence-corrected chi connectivity index (χ1v) is 11.7. The number of alkyl halides is 3. The Kier molecular flexibility index (Phi) is 6.58. The standard InChI is InChI=1S/C25H33F3N4O/c1-17-13-18(30-22(33)14-24(2)8-11-31(3)12-9-24)16-32(15-17)21-7-6-20(25(26,27)28)23-19(21)5-4-10-29-23/h4-7,10,17-18H,8-9,11-16H2,1-3H3,(H,30,33)/t17-,18+/m0/s1. The van der Waals surface area contributed by atoms with Crippen LogP contribution in [0.5, 0.6) is 0 Å². The molecule has 3 heterocycles. The lowest BCUT2D eigenvalue weighted by molar-refractivity contribution is -0.136. The Hall–Kier alpha value is -2.35. The predicted octanol–water partition coefficient (Wildman–Crippen LogP) is 4.71. The molecule has 0 aliphatic carbocycles. The van der Waals surface area contributed by atoms with E-state index < -0.39 is 11.7 Å². The molecule has 2 aromatic rings. The number of likely N-dealkylation sites (tertiary alicyclic amines) is 1. The summed E-state index contributed by atoms with van der Waals surface area (Å²) in [5.74, 6) is 0.372. The minimum absolute atomic E-state index is 0.0197. The highest BCUT2D eigenvalue weighted by Gasteiger charge is 2.36. The largest absolute Gasteiger partial charge is 0.418 e. The molecule has 1 aromatic heterocycles. The van der Waals surface area contributed by atoms with Crippen LogP contribution in [-0.4, -0.2) is 55.1 Å². The summed E-state index contributed by atoms with van der Waals surface area (Å²) in [5.41, 5.74) is 0.00472. The van der Waals surface area contributed by atoms with Crippen molar-refractivity contribution in [2.75, 3.05) is 38.1 Å². The van der Waals surface area contributed by atoms with Crippen molar-refractivity contribution in [2.24, 2.45) is 11.3 Å². The van der Waals surface area contributed by atoms with Crippen molar-refractivity contribution in [3.8, 4) is 0 Å². The van der Waals surface area contributed by atoms with Gasteiger partial charge in [0.15, 0.2) is 0 Å². The number of benzene rings is 1. The molecule has 1 N–H and O–H groups in total. The Bertz CT molecular complexity index is 1000. The normalized spacial score (nSPS) is 24.1. The summed E-state index contributed by atoms with van der Waals surface area (Å²) >= 11 is 0. The molecule has 0 spiro atoms. The van der Waals surface area contributed by atoms with E-state index in [4.69, 9.17) is 0 Å². The summed E-state index contributed by atoms with van der Waals surface area (Å²) in [6, 6.07) is 5.99. The highest BCUT2D eigenvalue weighted by molar-refractivity contribution is 5.94. The van der Waals surface area contributed by atoms with E-state index in [-0.39, 0.29) is 22.9 Å². The molecule has 0 unspecified atom stereocenters. The Labute approximate surface area is 193 Å². The van der Waals surface area contributed by atoms with E-state index in [0.717, 1.165) is 50.7 Å². The van der Waals surface area contributed by atoms with Crippen molar-refractivity contribution < 1.29 is 18.0 Å². The number of amides is 1. The van der Waals surface area contributed by atoms with E-state index in [0.29, 0.717) is 24.3 Å². The number of hydrogen-bond donors (Lipinski definition) is 1. The maximum Gasteiger partial charge on any atom is 0.418 e. The van der Waals surface area contributed by atoms with Crippen molar-refractivity contribution in [3.05, 3.63) is 36.0 Å². The Balaban J connectivity index is 1.50. The number of hydrogen-bond acceptors (Lipinski definition) is 4. The number of piperidine rings is 2. The molecule has 1 aromatic carbocycles. The number of carbonyl (C=O) groups excluding carboxylic acids is 1. The molecule has 2 fully saturated rings. The molecular weight excluding hydrogens is 429 g/mol. The summed E-state index contributed by atoms with van der Waals surface area (Å²) < 4.78 is 40.5. The van der Waals surface area contributed by atoms with Crippen LogP contribution in [0.3, 0.4) is 0 Å². The van der Waals surface area contributed by atoms with Gasteiger partial charge in [0.05, 0.1) is 11.1 Å². The molecule has 0 radical (unpaired) electrons. The summed E-state index contributed by atoms with van der Waals surface area (Å²) in [5, 5.41) is 3.72. The second kappa shape index (κ2) is 9.12. The fourth-order valence-electron chi connectivity index (χ4n) is 5.32. The summed E-state index contributed by atoms with van der Waals surface area (Å²) in [6.07, 6.45) is 0.328. The van der Waals surface area contributed by atoms with Crippen LogP contribution >= 0.6 is 0 Å². The highest BCUT2D eigenvalue weighted by atomic mass is 19.4. The van der Waals surface area contributed by atoms with E-state index >= 15 is 0 Å². The number of halogens is 3. The van der Waals surface area contributed by atoms with Gasteiger partial charge in [0.1, 0.15) is 0 Å². The number of pyridine rings is 1. The summed E-state index contributed by atoms with van der Waals surface area (Å²) in [7, 11) is 2.11. The zero-order valence-electron chi connectivity index (χ0n) is 19.6. The zero-order chi connectivity index (χ0) is 23.8. The third kappa shape index (κ3) is 5.42. The first kappa shape index (κ1) is 23.8. The van der Waals surface area contributed by atoms with Crippen LogP contribution in [0.15, 0.2) is 30.5 Å². The molecule has 5 nitrogen and oxygen atoms in total. The molecule has 33 heavy (non-hydrogen) atoms. The van der Waals surface area contributed by atoms with Gasteiger partial charge in [-0.25, -0.2) is 0 Å². The molecule has 180 valence electrons. The van der Waals surface area contributed by atoms with Crippen LogP contribution in [-0.2, 0) is 11.0 Å². The SMILES string of the molecule is C[C@H]1C[C@@H](NC(=O)CC2(C)CCN(C)CC2)CN(c2ccc(C(F)(F)F)c3ncccc23)C1. The first-order valence-electron chi connectivity index (χ1n) is 11.7. The van der Waals surface area contributed by atoms with Crippen LogP contribution in [0.4, 0.5) is 18.9 Å². The summed E-state index contributed by atoms with van der Waals surface area (Å²) in [6.45, 7) is 7.63.